The average molecular weight is 397 g/mol. The molecule has 4 rings (SSSR count). The van der Waals surface area contributed by atoms with Crippen LogP contribution >= 0.6 is 0 Å². The third kappa shape index (κ3) is 4.21. The van der Waals surface area contributed by atoms with Gasteiger partial charge >= 0.3 is 5.97 Å². The average Bonchev–Trinajstić information content (AvgIpc) is 3.42. The van der Waals surface area contributed by atoms with E-state index in [2.05, 4.69) is 5.32 Å². The summed E-state index contributed by atoms with van der Waals surface area (Å²) in [5.74, 6) is -0.643. The monoisotopic (exact) mass is 397 g/mol. The maximum Gasteiger partial charge on any atom is 0.375 e. The highest BCUT2D eigenvalue weighted by molar-refractivity contribution is 5.90. The van der Waals surface area contributed by atoms with Crippen LogP contribution in [0.4, 0.5) is 4.39 Å². The molecule has 1 N–H and O–H groups in total. The molecule has 0 bridgehead atoms. The van der Waals surface area contributed by atoms with Crippen LogP contribution in [-0.2, 0) is 16.1 Å². The molecule has 0 saturated heterocycles. The van der Waals surface area contributed by atoms with Gasteiger partial charge in [-0.05, 0) is 42.0 Å². The molecule has 148 valence electrons. The minimum absolute atomic E-state index is 0.0410. The minimum atomic E-state index is -1.28. The summed E-state index contributed by atoms with van der Waals surface area (Å²) in [6.07, 6.45) is 0.0469. The molecular formula is C21H16FNO6. The van der Waals surface area contributed by atoms with E-state index >= 15 is 0 Å². The number of nitrogens with one attached hydrogen (secondary N) is 1. The zero-order valence-electron chi connectivity index (χ0n) is 15.1. The smallest absolute Gasteiger partial charge is 0.375 e. The summed E-state index contributed by atoms with van der Waals surface area (Å²) >= 11 is 0. The quantitative estimate of drug-likeness (QED) is 0.642. The zero-order chi connectivity index (χ0) is 20.2. The standard InChI is InChI=1S/C21H16FNO6/c22-15-6-4-14(5-7-15)19(29-21(25)17-2-1-9-26-17)20(24)23-11-13-3-8-16-18(10-13)28-12-27-16/h1-10,19H,11-12H2,(H,23,24). The van der Waals surface area contributed by atoms with Crippen molar-refractivity contribution in [2.75, 3.05) is 6.79 Å². The number of halogens is 1. The van der Waals surface area contributed by atoms with Crippen molar-refractivity contribution in [3.05, 3.63) is 83.6 Å². The van der Waals surface area contributed by atoms with E-state index in [0.29, 0.717) is 17.1 Å². The molecule has 1 aliphatic heterocycles. The fraction of sp³-hybridized carbons (Fsp3) is 0.143. The number of ether oxygens (including phenoxy) is 3. The molecule has 1 aliphatic rings. The molecule has 1 aromatic heterocycles. The predicted molar refractivity (Wildman–Crippen MR) is 97.7 cm³/mol. The van der Waals surface area contributed by atoms with Crippen LogP contribution in [0.2, 0.25) is 0 Å². The molecule has 2 aromatic carbocycles. The molecule has 1 amide bonds. The van der Waals surface area contributed by atoms with Crippen LogP contribution in [0.3, 0.4) is 0 Å². The van der Waals surface area contributed by atoms with Crippen LogP contribution in [0.5, 0.6) is 11.5 Å². The Morgan fingerprint density at radius 2 is 1.86 bits per heavy atom. The van der Waals surface area contributed by atoms with E-state index in [1.807, 2.05) is 0 Å². The second-order valence-electron chi connectivity index (χ2n) is 6.22. The number of benzene rings is 2. The predicted octanol–water partition coefficient (Wildman–Crippen LogP) is 3.36. The minimum Gasteiger partial charge on any atom is -0.457 e. The maximum absolute atomic E-state index is 13.3. The summed E-state index contributed by atoms with van der Waals surface area (Å²) in [4.78, 5) is 25.0. The first-order valence-electron chi connectivity index (χ1n) is 8.76. The molecule has 2 heterocycles. The van der Waals surface area contributed by atoms with Crippen molar-refractivity contribution < 1.29 is 32.6 Å². The van der Waals surface area contributed by atoms with Crippen molar-refractivity contribution in [2.45, 2.75) is 12.6 Å². The van der Waals surface area contributed by atoms with Gasteiger partial charge in [0, 0.05) is 12.1 Å². The van der Waals surface area contributed by atoms with Gasteiger partial charge in [0.25, 0.3) is 5.91 Å². The van der Waals surface area contributed by atoms with Crippen LogP contribution < -0.4 is 14.8 Å². The van der Waals surface area contributed by atoms with E-state index < -0.39 is 23.8 Å². The molecule has 0 radical (unpaired) electrons. The van der Waals surface area contributed by atoms with Crippen molar-refractivity contribution in [3.63, 3.8) is 0 Å². The number of hydrogen-bond donors (Lipinski definition) is 1. The number of fused-ring (bicyclic) bond motifs is 1. The first-order chi connectivity index (χ1) is 14.1. The Hall–Kier alpha value is -3.81. The van der Waals surface area contributed by atoms with E-state index in [-0.39, 0.29) is 19.1 Å². The van der Waals surface area contributed by atoms with Crippen LogP contribution in [0, 0.1) is 5.82 Å². The van der Waals surface area contributed by atoms with Crippen molar-refractivity contribution in [2.24, 2.45) is 0 Å². The lowest BCUT2D eigenvalue weighted by atomic mass is 10.1. The van der Waals surface area contributed by atoms with Crippen molar-refractivity contribution in [1.29, 1.82) is 0 Å². The number of amides is 1. The topological polar surface area (TPSA) is 87.0 Å². The summed E-state index contributed by atoms with van der Waals surface area (Å²) in [5.41, 5.74) is 1.10. The van der Waals surface area contributed by atoms with E-state index in [1.165, 1.54) is 42.7 Å². The highest BCUT2D eigenvalue weighted by Crippen LogP contribution is 2.32. The Morgan fingerprint density at radius 3 is 2.62 bits per heavy atom. The molecule has 0 spiro atoms. The third-order valence-electron chi connectivity index (χ3n) is 4.26. The molecule has 0 aliphatic carbocycles. The first kappa shape index (κ1) is 18.5. The highest BCUT2D eigenvalue weighted by Gasteiger charge is 2.27. The lowest BCUT2D eigenvalue weighted by molar-refractivity contribution is -0.130. The molecule has 3 aromatic rings. The van der Waals surface area contributed by atoms with Crippen LogP contribution in [-0.4, -0.2) is 18.7 Å². The Balaban J connectivity index is 1.49. The molecule has 0 saturated carbocycles. The molecule has 7 nitrogen and oxygen atoms in total. The molecule has 1 atom stereocenters. The van der Waals surface area contributed by atoms with E-state index in [4.69, 9.17) is 18.6 Å². The van der Waals surface area contributed by atoms with Crippen LogP contribution in [0.15, 0.2) is 65.3 Å². The van der Waals surface area contributed by atoms with Gasteiger partial charge < -0.3 is 23.9 Å². The van der Waals surface area contributed by atoms with E-state index in [9.17, 15) is 14.0 Å². The fourth-order valence-corrected chi connectivity index (χ4v) is 2.80. The summed E-state index contributed by atoms with van der Waals surface area (Å²) in [6.45, 7) is 0.325. The zero-order valence-corrected chi connectivity index (χ0v) is 15.1. The maximum atomic E-state index is 13.3. The molecule has 29 heavy (non-hydrogen) atoms. The van der Waals surface area contributed by atoms with Gasteiger partial charge in [-0.25, -0.2) is 9.18 Å². The lowest BCUT2D eigenvalue weighted by Crippen LogP contribution is -2.31. The van der Waals surface area contributed by atoms with Crippen LogP contribution in [0.1, 0.15) is 27.8 Å². The van der Waals surface area contributed by atoms with Crippen molar-refractivity contribution in [3.8, 4) is 11.5 Å². The van der Waals surface area contributed by atoms with Crippen molar-refractivity contribution in [1.82, 2.24) is 5.32 Å². The van der Waals surface area contributed by atoms with Gasteiger partial charge in [0.15, 0.2) is 11.5 Å². The third-order valence-corrected chi connectivity index (χ3v) is 4.26. The van der Waals surface area contributed by atoms with Crippen molar-refractivity contribution >= 4 is 11.9 Å². The Morgan fingerprint density at radius 1 is 1.07 bits per heavy atom. The van der Waals surface area contributed by atoms with Gasteiger partial charge in [0.2, 0.25) is 18.7 Å². The molecule has 8 heteroatoms. The SMILES string of the molecule is O=C(OC(C(=O)NCc1ccc2c(c1)OCO2)c1ccc(F)cc1)c1ccco1. The number of hydrogen-bond acceptors (Lipinski definition) is 6. The van der Waals surface area contributed by atoms with Gasteiger partial charge in [-0.15, -0.1) is 0 Å². The van der Waals surface area contributed by atoms with Gasteiger partial charge in [-0.2, -0.15) is 0 Å². The fourth-order valence-electron chi connectivity index (χ4n) is 2.80. The Labute approximate surface area is 165 Å². The second kappa shape index (κ2) is 8.05. The largest absolute Gasteiger partial charge is 0.457 e. The van der Waals surface area contributed by atoms with Gasteiger partial charge in [-0.3, -0.25) is 4.79 Å². The van der Waals surface area contributed by atoms with Crippen LogP contribution in [0.25, 0.3) is 0 Å². The summed E-state index contributed by atoms with van der Waals surface area (Å²) in [6, 6.07) is 13.4. The van der Waals surface area contributed by atoms with Gasteiger partial charge in [0.1, 0.15) is 5.82 Å². The first-order valence-corrected chi connectivity index (χ1v) is 8.76. The number of furan rings is 1. The number of rotatable bonds is 6. The number of carbonyl (C=O) groups excluding carboxylic acids is 2. The molecule has 0 fully saturated rings. The van der Waals surface area contributed by atoms with Gasteiger partial charge in [-0.1, -0.05) is 18.2 Å². The summed E-state index contributed by atoms with van der Waals surface area (Å²) in [5, 5.41) is 2.72. The summed E-state index contributed by atoms with van der Waals surface area (Å²) < 4.78 is 34.2. The normalized spacial score (nSPS) is 13.0. The molecular weight excluding hydrogens is 381 g/mol. The Kier molecular flexibility index (Phi) is 5.15. The molecule has 1 unspecified atom stereocenters. The van der Waals surface area contributed by atoms with Gasteiger partial charge in [0.05, 0.1) is 6.26 Å². The second-order valence-corrected chi connectivity index (χ2v) is 6.22. The summed E-state index contributed by atoms with van der Waals surface area (Å²) in [7, 11) is 0. The highest BCUT2D eigenvalue weighted by atomic mass is 19.1. The van der Waals surface area contributed by atoms with E-state index in [1.54, 1.807) is 18.2 Å². The number of carbonyl (C=O) groups is 2. The lowest BCUT2D eigenvalue weighted by Gasteiger charge is -2.17. The van der Waals surface area contributed by atoms with E-state index in [0.717, 1.165) is 5.56 Å². The number of esters is 1. The Bertz CT molecular complexity index is 1020.